The van der Waals surface area contributed by atoms with Gasteiger partial charge in [0.15, 0.2) is 0 Å². The summed E-state index contributed by atoms with van der Waals surface area (Å²) in [5.41, 5.74) is 0. The third kappa shape index (κ3) is 4.36. The molecule has 0 spiro atoms. The Morgan fingerprint density at radius 3 is 2.69 bits per heavy atom. The molecule has 2 saturated heterocycles. The highest BCUT2D eigenvalue weighted by atomic mass is 32.2. The van der Waals surface area contributed by atoms with E-state index in [1.807, 2.05) is 0 Å². The smallest absolute Gasteiger partial charge is 0.243 e. The first-order valence-corrected chi connectivity index (χ1v) is 10.5. The highest BCUT2D eigenvalue weighted by Crippen LogP contribution is 2.25. The summed E-state index contributed by atoms with van der Waals surface area (Å²) < 4.78 is 37.7. The number of methoxy groups -OCH3 is 1. The van der Waals surface area contributed by atoms with Crippen LogP contribution in [0.15, 0.2) is 29.2 Å². The summed E-state index contributed by atoms with van der Waals surface area (Å²) in [7, 11) is -2.08. The molecule has 1 aromatic rings. The zero-order chi connectivity index (χ0) is 18.6. The molecular formula is C18H26N2O5S. The molecule has 2 heterocycles. The van der Waals surface area contributed by atoms with E-state index in [2.05, 4.69) is 5.32 Å². The normalized spacial score (nSPS) is 24.3. The van der Waals surface area contributed by atoms with Crippen LogP contribution >= 0.6 is 0 Å². The quantitative estimate of drug-likeness (QED) is 0.804. The van der Waals surface area contributed by atoms with Gasteiger partial charge in [-0.05, 0) is 49.9 Å². The number of hydrogen-bond donors (Lipinski definition) is 1. The van der Waals surface area contributed by atoms with E-state index in [1.165, 1.54) is 23.5 Å². The molecule has 2 fully saturated rings. The molecule has 2 aliphatic rings. The van der Waals surface area contributed by atoms with Crippen LogP contribution in [0.1, 0.15) is 25.7 Å². The van der Waals surface area contributed by atoms with Crippen molar-refractivity contribution in [1.82, 2.24) is 9.62 Å². The molecule has 0 aromatic heterocycles. The lowest BCUT2D eigenvalue weighted by Crippen LogP contribution is -2.46. The van der Waals surface area contributed by atoms with Crippen molar-refractivity contribution < 1.29 is 22.7 Å². The molecule has 0 aliphatic carbocycles. The average molecular weight is 382 g/mol. The Labute approximate surface area is 154 Å². The van der Waals surface area contributed by atoms with Crippen molar-refractivity contribution >= 4 is 15.9 Å². The molecule has 0 saturated carbocycles. The summed E-state index contributed by atoms with van der Waals surface area (Å²) in [4.78, 5) is 12.7. The number of carbonyl (C=O) groups excluding carboxylic acids is 1. The van der Waals surface area contributed by atoms with Crippen LogP contribution in [0.5, 0.6) is 5.75 Å². The van der Waals surface area contributed by atoms with Gasteiger partial charge in [0, 0.05) is 26.2 Å². The maximum absolute atomic E-state index is 12.9. The Bertz CT molecular complexity index is 714. The monoisotopic (exact) mass is 382 g/mol. The van der Waals surface area contributed by atoms with Crippen molar-refractivity contribution in [3.63, 3.8) is 0 Å². The first kappa shape index (κ1) is 19.1. The lowest BCUT2D eigenvalue weighted by Gasteiger charge is -2.31. The van der Waals surface area contributed by atoms with Crippen molar-refractivity contribution in [1.29, 1.82) is 0 Å². The van der Waals surface area contributed by atoms with Gasteiger partial charge in [0.2, 0.25) is 15.9 Å². The average Bonchev–Trinajstić information content (AvgIpc) is 3.20. The molecule has 0 bridgehead atoms. The molecule has 0 radical (unpaired) electrons. The number of carbonyl (C=O) groups is 1. The van der Waals surface area contributed by atoms with Crippen molar-refractivity contribution in [2.24, 2.45) is 5.92 Å². The third-order valence-electron chi connectivity index (χ3n) is 4.98. The minimum absolute atomic E-state index is 0.0849. The van der Waals surface area contributed by atoms with Crippen LogP contribution in [0.25, 0.3) is 0 Å². The molecule has 8 heteroatoms. The Hall–Kier alpha value is -1.64. The summed E-state index contributed by atoms with van der Waals surface area (Å²) in [6.45, 7) is 1.90. The van der Waals surface area contributed by atoms with Crippen molar-refractivity contribution in [2.45, 2.75) is 36.7 Å². The zero-order valence-electron chi connectivity index (χ0n) is 15.0. The topological polar surface area (TPSA) is 84.9 Å². The van der Waals surface area contributed by atoms with E-state index >= 15 is 0 Å². The summed E-state index contributed by atoms with van der Waals surface area (Å²) in [6.07, 6.45) is 3.45. The zero-order valence-corrected chi connectivity index (χ0v) is 15.8. The molecule has 144 valence electrons. The first-order valence-electron chi connectivity index (χ1n) is 9.04. The van der Waals surface area contributed by atoms with E-state index in [0.29, 0.717) is 31.7 Å². The van der Waals surface area contributed by atoms with Gasteiger partial charge in [-0.3, -0.25) is 4.79 Å². The molecule has 1 N–H and O–H groups in total. The molecule has 1 aromatic carbocycles. The fourth-order valence-corrected chi connectivity index (χ4v) is 4.96. The second-order valence-corrected chi connectivity index (χ2v) is 8.70. The van der Waals surface area contributed by atoms with Gasteiger partial charge in [-0.1, -0.05) is 0 Å². The van der Waals surface area contributed by atoms with E-state index < -0.39 is 10.0 Å². The predicted molar refractivity (Wildman–Crippen MR) is 96.5 cm³/mol. The van der Waals surface area contributed by atoms with Crippen LogP contribution in [-0.2, 0) is 19.6 Å². The lowest BCUT2D eigenvalue weighted by atomic mass is 9.99. The van der Waals surface area contributed by atoms with Crippen LogP contribution < -0.4 is 10.1 Å². The summed E-state index contributed by atoms with van der Waals surface area (Å²) in [6, 6.07) is 6.33. The van der Waals surface area contributed by atoms with E-state index in [-0.39, 0.29) is 29.4 Å². The number of hydrogen-bond acceptors (Lipinski definition) is 5. The predicted octanol–water partition coefficient (Wildman–Crippen LogP) is 1.39. The van der Waals surface area contributed by atoms with Gasteiger partial charge in [-0.15, -0.1) is 0 Å². The molecule has 3 rings (SSSR count). The largest absolute Gasteiger partial charge is 0.497 e. The number of nitrogens with one attached hydrogen (secondary N) is 1. The van der Waals surface area contributed by atoms with E-state index in [1.54, 1.807) is 12.1 Å². The summed E-state index contributed by atoms with van der Waals surface area (Å²) >= 11 is 0. The fourth-order valence-electron chi connectivity index (χ4n) is 3.44. The highest BCUT2D eigenvalue weighted by molar-refractivity contribution is 7.89. The van der Waals surface area contributed by atoms with Gasteiger partial charge < -0.3 is 14.8 Å². The van der Waals surface area contributed by atoms with Crippen LogP contribution in [0, 0.1) is 5.92 Å². The lowest BCUT2D eigenvalue weighted by molar-refractivity contribution is -0.126. The molecule has 1 amide bonds. The number of nitrogens with zero attached hydrogens (tertiary/aromatic N) is 1. The van der Waals surface area contributed by atoms with E-state index in [0.717, 1.165) is 19.4 Å². The van der Waals surface area contributed by atoms with E-state index in [4.69, 9.17) is 9.47 Å². The van der Waals surface area contributed by atoms with Crippen LogP contribution in [0.2, 0.25) is 0 Å². The molecular weight excluding hydrogens is 356 g/mol. The second-order valence-electron chi connectivity index (χ2n) is 6.76. The maximum atomic E-state index is 12.9. The number of ether oxygens (including phenoxy) is 2. The van der Waals surface area contributed by atoms with E-state index in [9.17, 15) is 13.2 Å². The number of rotatable bonds is 6. The van der Waals surface area contributed by atoms with Gasteiger partial charge >= 0.3 is 0 Å². The Balaban J connectivity index is 1.61. The second kappa shape index (κ2) is 8.37. The Kier molecular flexibility index (Phi) is 6.16. The summed E-state index contributed by atoms with van der Waals surface area (Å²) in [5.74, 6) is 0.197. The minimum Gasteiger partial charge on any atom is -0.497 e. The van der Waals surface area contributed by atoms with Gasteiger partial charge in [-0.25, -0.2) is 8.42 Å². The standard InChI is InChI=1S/C18H26N2O5S/c1-24-15-6-8-17(9-7-15)26(22,23)20-10-2-4-14(13-20)18(21)19-12-16-5-3-11-25-16/h6-9,14,16H,2-5,10-13H2,1H3,(H,19,21)/t14-,16-/m1/s1. The number of amides is 1. The molecule has 7 nitrogen and oxygen atoms in total. The van der Waals surface area contributed by atoms with Crippen molar-refractivity contribution in [2.75, 3.05) is 33.4 Å². The number of piperidine rings is 1. The van der Waals surface area contributed by atoms with Crippen LogP contribution in [0.4, 0.5) is 0 Å². The molecule has 2 atom stereocenters. The maximum Gasteiger partial charge on any atom is 0.243 e. The van der Waals surface area contributed by atoms with Crippen LogP contribution in [0.3, 0.4) is 0 Å². The minimum atomic E-state index is -3.61. The summed E-state index contributed by atoms with van der Waals surface area (Å²) in [5, 5.41) is 2.92. The van der Waals surface area contributed by atoms with Crippen molar-refractivity contribution in [3.05, 3.63) is 24.3 Å². The fraction of sp³-hybridized carbons (Fsp3) is 0.611. The number of sulfonamides is 1. The Morgan fingerprint density at radius 2 is 2.04 bits per heavy atom. The third-order valence-corrected chi connectivity index (χ3v) is 6.86. The Morgan fingerprint density at radius 1 is 1.27 bits per heavy atom. The van der Waals surface area contributed by atoms with Crippen LogP contribution in [-0.4, -0.2) is 58.1 Å². The molecule has 0 unspecified atom stereocenters. The van der Waals surface area contributed by atoms with Gasteiger partial charge in [0.05, 0.1) is 24.0 Å². The highest BCUT2D eigenvalue weighted by Gasteiger charge is 2.33. The van der Waals surface area contributed by atoms with Crippen molar-refractivity contribution in [3.8, 4) is 5.75 Å². The van der Waals surface area contributed by atoms with Gasteiger partial charge in [-0.2, -0.15) is 4.31 Å². The first-order chi connectivity index (χ1) is 12.5. The molecule has 26 heavy (non-hydrogen) atoms. The number of benzene rings is 1. The molecule has 2 aliphatic heterocycles. The van der Waals surface area contributed by atoms with Gasteiger partial charge in [0.25, 0.3) is 0 Å². The van der Waals surface area contributed by atoms with Gasteiger partial charge in [0.1, 0.15) is 5.75 Å². The SMILES string of the molecule is COc1ccc(S(=O)(=O)N2CCC[C@@H](C(=O)NC[C@H]3CCCO3)C2)cc1.